The molecule has 0 aromatic heterocycles. The van der Waals surface area contributed by atoms with Crippen LogP contribution in [0, 0.1) is 3.57 Å². The number of carboxylic acid groups (broad SMARTS) is 1. The average molecular weight is 560 g/mol. The number of halogens is 2. The smallest absolute Gasteiger partial charge is 0.341 e. The van der Waals surface area contributed by atoms with E-state index in [2.05, 4.69) is 0 Å². The Balaban J connectivity index is 1.83. The van der Waals surface area contributed by atoms with Crippen molar-refractivity contribution < 1.29 is 29.0 Å². The molecule has 1 fully saturated rings. The lowest BCUT2D eigenvalue weighted by molar-refractivity contribution is -0.139. The third-order valence-electron chi connectivity index (χ3n) is 4.02. The van der Waals surface area contributed by atoms with Gasteiger partial charge in [-0.15, -0.1) is 0 Å². The van der Waals surface area contributed by atoms with Crippen LogP contribution in [0.4, 0.5) is 4.79 Å². The summed E-state index contributed by atoms with van der Waals surface area (Å²) in [6, 6.07) is 10.3. The molecule has 0 radical (unpaired) electrons. The van der Waals surface area contributed by atoms with E-state index in [4.69, 9.17) is 26.2 Å². The quantitative estimate of drug-likeness (QED) is 0.390. The highest BCUT2D eigenvalue weighted by Gasteiger charge is 2.35. The fourth-order valence-corrected chi connectivity index (χ4v) is 4.40. The summed E-state index contributed by atoms with van der Waals surface area (Å²) < 4.78 is 11.2. The molecule has 1 aliphatic rings. The molecule has 0 saturated carbocycles. The van der Waals surface area contributed by atoms with Crippen molar-refractivity contribution in [1.82, 2.24) is 4.90 Å². The highest BCUT2D eigenvalue weighted by atomic mass is 127. The van der Waals surface area contributed by atoms with Crippen LogP contribution in [0.2, 0.25) is 5.02 Å². The van der Waals surface area contributed by atoms with Gasteiger partial charge in [0.25, 0.3) is 11.1 Å². The maximum Gasteiger partial charge on any atom is 0.341 e. The Kier molecular flexibility index (Phi) is 7.27. The minimum atomic E-state index is -1.11. The lowest BCUT2D eigenvalue weighted by atomic mass is 10.1. The van der Waals surface area contributed by atoms with Gasteiger partial charge < -0.3 is 14.6 Å². The van der Waals surface area contributed by atoms with Crippen molar-refractivity contribution in [2.45, 2.75) is 6.54 Å². The molecular weight excluding hydrogens is 545 g/mol. The number of carbonyl (C=O) groups excluding carboxylic acids is 2. The maximum atomic E-state index is 12.7. The summed E-state index contributed by atoms with van der Waals surface area (Å²) in [5, 5.41) is 9.03. The van der Waals surface area contributed by atoms with Crippen molar-refractivity contribution in [2.75, 3.05) is 13.7 Å². The van der Waals surface area contributed by atoms with Crippen molar-refractivity contribution in [3.63, 3.8) is 0 Å². The molecule has 10 heteroatoms. The van der Waals surface area contributed by atoms with Gasteiger partial charge in [-0.05, 0) is 75.8 Å². The molecule has 30 heavy (non-hydrogen) atoms. The molecule has 1 aliphatic heterocycles. The second-order valence-corrected chi connectivity index (χ2v) is 8.70. The molecular formula is C20H15ClINO6S. The number of rotatable bonds is 7. The van der Waals surface area contributed by atoms with Crippen molar-refractivity contribution >= 4 is 69.1 Å². The zero-order chi connectivity index (χ0) is 21.8. The Labute approximate surface area is 195 Å². The first-order chi connectivity index (χ1) is 14.3. The summed E-state index contributed by atoms with van der Waals surface area (Å²) in [4.78, 5) is 37.3. The van der Waals surface area contributed by atoms with E-state index in [1.54, 1.807) is 42.5 Å². The fourth-order valence-electron chi connectivity index (χ4n) is 2.66. The van der Waals surface area contributed by atoms with Gasteiger partial charge in [0.15, 0.2) is 18.1 Å². The number of hydrogen-bond donors (Lipinski definition) is 1. The monoisotopic (exact) mass is 559 g/mol. The number of benzene rings is 2. The number of amides is 2. The van der Waals surface area contributed by atoms with Gasteiger partial charge in [-0.3, -0.25) is 14.5 Å². The number of ether oxygens (including phenoxy) is 2. The lowest BCUT2D eigenvalue weighted by Gasteiger charge is -2.13. The predicted octanol–water partition coefficient (Wildman–Crippen LogP) is 4.65. The van der Waals surface area contributed by atoms with Crippen LogP contribution < -0.4 is 9.47 Å². The van der Waals surface area contributed by atoms with Gasteiger partial charge in [0.1, 0.15) is 0 Å². The van der Waals surface area contributed by atoms with Gasteiger partial charge in [0, 0.05) is 5.02 Å². The summed E-state index contributed by atoms with van der Waals surface area (Å²) in [7, 11) is 1.43. The number of thioether (sulfide) groups is 1. The second-order valence-electron chi connectivity index (χ2n) is 6.11. The second kappa shape index (κ2) is 9.71. The third-order valence-corrected chi connectivity index (χ3v) is 5.98. The molecule has 0 spiro atoms. The van der Waals surface area contributed by atoms with E-state index in [9.17, 15) is 14.4 Å². The number of carbonyl (C=O) groups is 3. The molecule has 1 saturated heterocycles. The van der Waals surface area contributed by atoms with Gasteiger partial charge in [-0.1, -0.05) is 23.7 Å². The van der Waals surface area contributed by atoms with E-state index in [1.807, 2.05) is 22.6 Å². The van der Waals surface area contributed by atoms with Crippen LogP contribution in [0.15, 0.2) is 41.3 Å². The van der Waals surface area contributed by atoms with Crippen LogP contribution in [0.3, 0.4) is 0 Å². The van der Waals surface area contributed by atoms with E-state index in [0.29, 0.717) is 25.7 Å². The molecule has 2 aromatic carbocycles. The molecule has 2 amide bonds. The Morgan fingerprint density at radius 3 is 2.60 bits per heavy atom. The zero-order valence-corrected chi connectivity index (χ0v) is 19.3. The molecule has 2 aromatic rings. The topological polar surface area (TPSA) is 93.1 Å². The number of imide groups is 1. The lowest BCUT2D eigenvalue weighted by Crippen LogP contribution is -2.27. The number of hydrogen-bond acceptors (Lipinski definition) is 6. The van der Waals surface area contributed by atoms with Crippen LogP contribution in [-0.4, -0.2) is 40.8 Å². The number of methoxy groups -OCH3 is 1. The van der Waals surface area contributed by atoms with Gasteiger partial charge in [-0.25, -0.2) is 4.79 Å². The van der Waals surface area contributed by atoms with Gasteiger partial charge in [0.05, 0.1) is 22.1 Å². The molecule has 3 rings (SSSR count). The normalized spacial score (nSPS) is 15.0. The third kappa shape index (κ3) is 5.27. The average Bonchev–Trinajstić information content (AvgIpc) is 2.95. The molecule has 0 aliphatic carbocycles. The summed E-state index contributed by atoms with van der Waals surface area (Å²) in [5.41, 5.74) is 1.41. The standard InChI is InChI=1S/C20H15ClINO6S/c1-28-15-7-12(6-14(22)18(15)29-10-17(24)25)8-16-19(26)23(20(27)30-16)9-11-2-4-13(21)5-3-11/h2-8H,9-10H2,1H3,(H,24,25)/b16-8-. The van der Waals surface area contributed by atoms with Crippen molar-refractivity contribution in [3.8, 4) is 11.5 Å². The molecule has 0 bridgehead atoms. The molecule has 0 atom stereocenters. The Hall–Kier alpha value is -2.24. The Morgan fingerprint density at radius 2 is 1.97 bits per heavy atom. The highest BCUT2D eigenvalue weighted by Crippen LogP contribution is 2.37. The van der Waals surface area contributed by atoms with Crippen LogP contribution in [-0.2, 0) is 16.1 Å². The van der Waals surface area contributed by atoms with Crippen LogP contribution >= 0.6 is 46.0 Å². The largest absolute Gasteiger partial charge is 0.493 e. The molecule has 0 unspecified atom stereocenters. The maximum absolute atomic E-state index is 12.7. The highest BCUT2D eigenvalue weighted by molar-refractivity contribution is 14.1. The van der Waals surface area contributed by atoms with E-state index in [1.165, 1.54) is 12.0 Å². The molecule has 7 nitrogen and oxygen atoms in total. The first-order valence-electron chi connectivity index (χ1n) is 8.50. The first-order valence-corrected chi connectivity index (χ1v) is 10.8. The molecule has 1 heterocycles. The fraction of sp³-hybridized carbons (Fsp3) is 0.150. The Bertz CT molecular complexity index is 1040. The molecule has 156 valence electrons. The van der Waals surface area contributed by atoms with Crippen molar-refractivity contribution in [2.24, 2.45) is 0 Å². The van der Waals surface area contributed by atoms with Crippen LogP contribution in [0.1, 0.15) is 11.1 Å². The minimum absolute atomic E-state index is 0.155. The first kappa shape index (κ1) is 22.4. The summed E-state index contributed by atoms with van der Waals surface area (Å²) >= 11 is 8.72. The summed E-state index contributed by atoms with van der Waals surface area (Å²) in [6.07, 6.45) is 1.60. The summed E-state index contributed by atoms with van der Waals surface area (Å²) in [5.74, 6) is -0.866. The van der Waals surface area contributed by atoms with Gasteiger partial charge >= 0.3 is 5.97 Å². The summed E-state index contributed by atoms with van der Waals surface area (Å²) in [6.45, 7) is -0.350. The van der Waals surface area contributed by atoms with Gasteiger partial charge in [-0.2, -0.15) is 0 Å². The zero-order valence-electron chi connectivity index (χ0n) is 15.6. The number of carboxylic acids is 1. The molecule has 1 N–H and O–H groups in total. The number of nitrogens with zero attached hydrogens (tertiary/aromatic N) is 1. The van der Waals surface area contributed by atoms with Gasteiger partial charge in [0.2, 0.25) is 0 Å². The SMILES string of the molecule is COc1cc(/C=C2\SC(=O)N(Cc3ccc(Cl)cc3)C2=O)cc(I)c1OCC(=O)O. The number of aliphatic carboxylic acids is 1. The minimum Gasteiger partial charge on any atom is -0.493 e. The van der Waals surface area contributed by atoms with E-state index < -0.39 is 12.6 Å². The predicted molar refractivity (Wildman–Crippen MR) is 122 cm³/mol. The van der Waals surface area contributed by atoms with Crippen molar-refractivity contribution in [3.05, 3.63) is 61.0 Å². The van der Waals surface area contributed by atoms with E-state index in [-0.39, 0.29) is 22.6 Å². The van der Waals surface area contributed by atoms with E-state index in [0.717, 1.165) is 17.3 Å². The van der Waals surface area contributed by atoms with Crippen LogP contribution in [0.25, 0.3) is 6.08 Å². The van der Waals surface area contributed by atoms with Crippen LogP contribution in [0.5, 0.6) is 11.5 Å². The Morgan fingerprint density at radius 1 is 1.27 bits per heavy atom. The van der Waals surface area contributed by atoms with E-state index >= 15 is 0 Å². The van der Waals surface area contributed by atoms with Crippen molar-refractivity contribution in [1.29, 1.82) is 0 Å².